The number of ether oxygens (including phenoxy) is 1. The third-order valence-electron chi connectivity index (χ3n) is 6.33. The van der Waals surface area contributed by atoms with Crippen LogP contribution >= 0.6 is 0 Å². The highest BCUT2D eigenvalue weighted by Gasteiger charge is 2.19. The summed E-state index contributed by atoms with van der Waals surface area (Å²) in [5.41, 5.74) is 2.18. The second kappa shape index (κ2) is 14.9. The van der Waals surface area contributed by atoms with E-state index in [1.54, 1.807) is 0 Å². The van der Waals surface area contributed by atoms with Gasteiger partial charge in [-0.2, -0.15) is 0 Å². The van der Waals surface area contributed by atoms with Crippen LogP contribution in [0.1, 0.15) is 47.7 Å². The SMILES string of the molecule is CCCC[C@H](CNC)NC[C@@H](Cc1ccc(OCc2ccccc2)cc1)NC(=O)c1cc(O)c(O)c(O)c1. The summed E-state index contributed by atoms with van der Waals surface area (Å²) in [6.45, 7) is 3.99. The van der Waals surface area contributed by atoms with Crippen molar-refractivity contribution in [2.45, 2.75) is 51.3 Å². The Morgan fingerprint density at radius 3 is 2.21 bits per heavy atom. The van der Waals surface area contributed by atoms with Crippen LogP contribution in [-0.4, -0.2) is 53.4 Å². The van der Waals surface area contributed by atoms with E-state index in [0.29, 0.717) is 19.6 Å². The van der Waals surface area contributed by atoms with Crippen molar-refractivity contribution in [3.05, 3.63) is 83.4 Å². The molecule has 3 aromatic carbocycles. The fourth-order valence-electron chi connectivity index (χ4n) is 4.21. The van der Waals surface area contributed by atoms with Crippen LogP contribution in [0.2, 0.25) is 0 Å². The van der Waals surface area contributed by atoms with E-state index in [9.17, 15) is 20.1 Å². The van der Waals surface area contributed by atoms with Gasteiger partial charge in [-0.25, -0.2) is 0 Å². The summed E-state index contributed by atoms with van der Waals surface area (Å²) in [5.74, 6) is -1.45. The number of phenols is 3. The summed E-state index contributed by atoms with van der Waals surface area (Å²) in [4.78, 5) is 13.0. The highest BCUT2D eigenvalue weighted by Crippen LogP contribution is 2.35. The van der Waals surface area contributed by atoms with Crippen molar-refractivity contribution in [2.24, 2.45) is 0 Å². The van der Waals surface area contributed by atoms with Gasteiger partial charge in [0.25, 0.3) is 5.91 Å². The zero-order valence-corrected chi connectivity index (χ0v) is 22.1. The zero-order chi connectivity index (χ0) is 27.3. The molecule has 204 valence electrons. The van der Waals surface area contributed by atoms with Crippen molar-refractivity contribution in [3.63, 3.8) is 0 Å². The molecule has 0 aromatic heterocycles. The Bertz CT molecular complexity index is 1120. The maximum atomic E-state index is 13.0. The number of amides is 1. The molecule has 6 N–H and O–H groups in total. The predicted octanol–water partition coefficient (Wildman–Crippen LogP) is 4.09. The van der Waals surface area contributed by atoms with Gasteiger partial charge in [-0.15, -0.1) is 0 Å². The first-order chi connectivity index (χ1) is 18.4. The minimum atomic E-state index is -0.653. The molecular formula is C30H39N3O5. The average Bonchev–Trinajstić information content (AvgIpc) is 2.93. The van der Waals surface area contributed by atoms with Gasteiger partial charge >= 0.3 is 0 Å². The number of rotatable bonds is 15. The van der Waals surface area contributed by atoms with Crippen LogP contribution in [0.15, 0.2) is 66.7 Å². The molecule has 0 unspecified atom stereocenters. The topological polar surface area (TPSA) is 123 Å². The van der Waals surface area contributed by atoms with Gasteiger partial charge in [0.05, 0.1) is 0 Å². The first-order valence-corrected chi connectivity index (χ1v) is 13.1. The van der Waals surface area contributed by atoms with Gasteiger partial charge in [-0.05, 0) is 55.3 Å². The molecule has 38 heavy (non-hydrogen) atoms. The molecule has 0 spiro atoms. The number of unbranched alkanes of at least 4 members (excludes halogenated alkanes) is 1. The summed E-state index contributed by atoms with van der Waals surface area (Å²) in [6.07, 6.45) is 3.79. The Balaban J connectivity index is 1.69. The number of carbonyl (C=O) groups is 1. The Hall–Kier alpha value is -3.75. The maximum Gasteiger partial charge on any atom is 0.251 e. The number of carbonyl (C=O) groups excluding carboxylic acids is 1. The Morgan fingerprint density at radius 1 is 0.895 bits per heavy atom. The molecule has 8 heteroatoms. The lowest BCUT2D eigenvalue weighted by Gasteiger charge is -2.24. The largest absolute Gasteiger partial charge is 0.504 e. The number of likely N-dealkylation sites (N-methyl/N-ethyl adjacent to an activating group) is 1. The van der Waals surface area contributed by atoms with Gasteiger partial charge in [-0.1, -0.05) is 62.2 Å². The maximum absolute atomic E-state index is 13.0. The van der Waals surface area contributed by atoms with Crippen molar-refractivity contribution in [1.82, 2.24) is 16.0 Å². The molecule has 0 heterocycles. The van der Waals surface area contributed by atoms with E-state index in [-0.39, 0.29) is 17.6 Å². The summed E-state index contributed by atoms with van der Waals surface area (Å²) in [7, 11) is 1.92. The highest BCUT2D eigenvalue weighted by atomic mass is 16.5. The fraction of sp³-hybridized carbons (Fsp3) is 0.367. The average molecular weight is 522 g/mol. The van der Waals surface area contributed by atoms with E-state index in [1.165, 1.54) is 0 Å². The van der Waals surface area contributed by atoms with Gasteiger partial charge in [-0.3, -0.25) is 4.79 Å². The van der Waals surface area contributed by atoms with Crippen LogP contribution < -0.4 is 20.7 Å². The van der Waals surface area contributed by atoms with Gasteiger partial charge in [0.15, 0.2) is 17.2 Å². The van der Waals surface area contributed by atoms with E-state index in [4.69, 9.17) is 4.74 Å². The predicted molar refractivity (Wildman–Crippen MR) is 149 cm³/mol. The second-order valence-electron chi connectivity index (χ2n) is 9.46. The number of benzene rings is 3. The molecule has 1 amide bonds. The van der Waals surface area contributed by atoms with Gasteiger partial charge in [0, 0.05) is 30.7 Å². The molecule has 0 bridgehead atoms. The lowest BCUT2D eigenvalue weighted by molar-refractivity contribution is 0.0934. The summed E-state index contributed by atoms with van der Waals surface area (Å²) in [5, 5.41) is 39.1. The number of hydrogen-bond acceptors (Lipinski definition) is 7. The van der Waals surface area contributed by atoms with E-state index >= 15 is 0 Å². The highest BCUT2D eigenvalue weighted by molar-refractivity contribution is 5.95. The van der Waals surface area contributed by atoms with E-state index in [0.717, 1.165) is 54.8 Å². The van der Waals surface area contributed by atoms with Gasteiger partial charge < -0.3 is 36.0 Å². The Morgan fingerprint density at radius 2 is 1.58 bits per heavy atom. The van der Waals surface area contributed by atoms with Crippen LogP contribution in [0.25, 0.3) is 0 Å². The quantitative estimate of drug-likeness (QED) is 0.167. The second-order valence-corrected chi connectivity index (χ2v) is 9.46. The standard InChI is InChI=1S/C30H39N3O5/c1-3-4-10-24(18-31-2)32-19-25(33-30(37)23-16-27(34)29(36)28(35)17-23)15-21-11-13-26(14-12-21)38-20-22-8-6-5-7-9-22/h5-9,11-14,16-17,24-25,31-32,34-36H,3-4,10,15,18-20H2,1-2H3,(H,33,37)/t24-,25-/m1/s1. The monoisotopic (exact) mass is 521 g/mol. The smallest absolute Gasteiger partial charge is 0.251 e. The molecule has 0 aliphatic rings. The Kier molecular flexibility index (Phi) is 11.3. The van der Waals surface area contributed by atoms with Crippen molar-refractivity contribution in [3.8, 4) is 23.0 Å². The number of aromatic hydroxyl groups is 3. The van der Waals surface area contributed by atoms with Crippen molar-refractivity contribution in [1.29, 1.82) is 0 Å². The molecule has 0 saturated carbocycles. The number of nitrogens with one attached hydrogen (secondary N) is 3. The third-order valence-corrected chi connectivity index (χ3v) is 6.33. The fourth-order valence-corrected chi connectivity index (χ4v) is 4.21. The summed E-state index contributed by atoms with van der Waals surface area (Å²) in [6, 6.07) is 20.1. The lowest BCUT2D eigenvalue weighted by atomic mass is 10.0. The van der Waals surface area contributed by atoms with Crippen LogP contribution in [0, 0.1) is 0 Å². The minimum absolute atomic E-state index is 0.0604. The van der Waals surface area contributed by atoms with Crippen LogP contribution in [0.5, 0.6) is 23.0 Å². The van der Waals surface area contributed by atoms with Crippen LogP contribution in [-0.2, 0) is 13.0 Å². The minimum Gasteiger partial charge on any atom is -0.504 e. The van der Waals surface area contributed by atoms with Crippen molar-refractivity contribution in [2.75, 3.05) is 20.1 Å². The molecule has 0 aliphatic carbocycles. The molecule has 0 fully saturated rings. The third kappa shape index (κ3) is 8.97. The first kappa shape index (κ1) is 28.8. The molecule has 3 rings (SSSR count). The van der Waals surface area contributed by atoms with Gasteiger partial charge in [0.2, 0.25) is 0 Å². The summed E-state index contributed by atoms with van der Waals surface area (Å²) < 4.78 is 5.89. The van der Waals surface area contributed by atoms with Crippen LogP contribution in [0.4, 0.5) is 0 Å². The normalized spacial score (nSPS) is 12.6. The van der Waals surface area contributed by atoms with E-state index in [2.05, 4.69) is 22.9 Å². The van der Waals surface area contributed by atoms with E-state index < -0.39 is 23.2 Å². The van der Waals surface area contributed by atoms with Crippen LogP contribution in [0.3, 0.4) is 0 Å². The molecule has 0 saturated heterocycles. The molecule has 0 radical (unpaired) electrons. The first-order valence-electron chi connectivity index (χ1n) is 13.1. The summed E-state index contributed by atoms with van der Waals surface area (Å²) >= 11 is 0. The van der Waals surface area contributed by atoms with Crippen molar-refractivity contribution >= 4 is 5.91 Å². The van der Waals surface area contributed by atoms with Gasteiger partial charge in [0.1, 0.15) is 12.4 Å². The molecule has 2 atom stereocenters. The molecule has 0 aliphatic heterocycles. The number of hydrogen-bond donors (Lipinski definition) is 6. The molecule has 8 nitrogen and oxygen atoms in total. The number of phenolic OH excluding ortho intramolecular Hbond substituents is 3. The Labute approximate surface area is 224 Å². The van der Waals surface area contributed by atoms with E-state index in [1.807, 2.05) is 61.6 Å². The van der Waals surface area contributed by atoms with Crippen molar-refractivity contribution < 1.29 is 24.9 Å². The zero-order valence-electron chi connectivity index (χ0n) is 22.1. The lowest BCUT2D eigenvalue weighted by Crippen LogP contribution is -2.48. The molecule has 3 aromatic rings. The molecular weight excluding hydrogens is 482 g/mol.